The van der Waals surface area contributed by atoms with Gasteiger partial charge >= 0.3 is 0 Å². The van der Waals surface area contributed by atoms with Gasteiger partial charge in [0.1, 0.15) is 11.6 Å². The van der Waals surface area contributed by atoms with Crippen LogP contribution in [0.5, 0.6) is 0 Å². The van der Waals surface area contributed by atoms with Crippen molar-refractivity contribution in [3.8, 4) is 11.4 Å². The summed E-state index contributed by atoms with van der Waals surface area (Å²) in [5.74, 6) is 1.91. The molecule has 0 spiro atoms. The second-order valence-electron chi connectivity index (χ2n) is 5.41. The number of benzene rings is 1. The highest BCUT2D eigenvalue weighted by Gasteiger charge is 2.19. The summed E-state index contributed by atoms with van der Waals surface area (Å²) in [7, 11) is 0. The van der Waals surface area contributed by atoms with E-state index in [0.29, 0.717) is 17.7 Å². The topological polar surface area (TPSA) is 73.1 Å². The molecule has 1 fully saturated rings. The molecule has 0 radical (unpaired) electrons. The van der Waals surface area contributed by atoms with Gasteiger partial charge in [-0.2, -0.15) is 0 Å². The van der Waals surface area contributed by atoms with E-state index in [0.717, 1.165) is 30.8 Å². The SMILES string of the molecule is CC1CC(Nc2cc(N)nc(-c3ccccc3)n2)CCO1. The van der Waals surface area contributed by atoms with E-state index in [-0.39, 0.29) is 6.10 Å². The van der Waals surface area contributed by atoms with Crippen molar-refractivity contribution in [1.29, 1.82) is 0 Å². The Hall–Kier alpha value is -2.14. The molecule has 2 unspecified atom stereocenters. The van der Waals surface area contributed by atoms with E-state index < -0.39 is 0 Å². The molecule has 0 bridgehead atoms. The fourth-order valence-corrected chi connectivity index (χ4v) is 2.59. The van der Waals surface area contributed by atoms with Crippen LogP contribution in [0.1, 0.15) is 19.8 Å². The van der Waals surface area contributed by atoms with Crippen LogP contribution in [0, 0.1) is 0 Å². The van der Waals surface area contributed by atoms with Crippen LogP contribution in [0.2, 0.25) is 0 Å². The van der Waals surface area contributed by atoms with E-state index in [1.54, 1.807) is 6.07 Å². The van der Waals surface area contributed by atoms with Crippen LogP contribution in [0.25, 0.3) is 11.4 Å². The highest BCUT2D eigenvalue weighted by atomic mass is 16.5. The van der Waals surface area contributed by atoms with Crippen molar-refractivity contribution in [3.05, 3.63) is 36.4 Å². The van der Waals surface area contributed by atoms with Crippen LogP contribution in [0.3, 0.4) is 0 Å². The van der Waals surface area contributed by atoms with Crippen LogP contribution < -0.4 is 11.1 Å². The van der Waals surface area contributed by atoms with Gasteiger partial charge < -0.3 is 15.8 Å². The van der Waals surface area contributed by atoms with Crippen molar-refractivity contribution in [2.24, 2.45) is 0 Å². The molecule has 2 heterocycles. The van der Waals surface area contributed by atoms with Gasteiger partial charge in [0.15, 0.2) is 5.82 Å². The molecule has 110 valence electrons. The lowest BCUT2D eigenvalue weighted by molar-refractivity contribution is 0.0232. The third kappa shape index (κ3) is 3.49. The third-order valence-electron chi connectivity index (χ3n) is 3.62. The Morgan fingerprint density at radius 3 is 2.81 bits per heavy atom. The molecule has 0 aliphatic carbocycles. The Balaban J connectivity index is 1.81. The Bertz CT molecular complexity index is 602. The smallest absolute Gasteiger partial charge is 0.163 e. The monoisotopic (exact) mass is 284 g/mol. The summed E-state index contributed by atoms with van der Waals surface area (Å²) >= 11 is 0. The fourth-order valence-electron chi connectivity index (χ4n) is 2.59. The van der Waals surface area contributed by atoms with E-state index >= 15 is 0 Å². The average molecular weight is 284 g/mol. The van der Waals surface area contributed by atoms with Crippen molar-refractivity contribution in [2.45, 2.75) is 31.9 Å². The number of rotatable bonds is 3. The molecular weight excluding hydrogens is 264 g/mol. The zero-order valence-corrected chi connectivity index (χ0v) is 12.1. The molecule has 1 aromatic carbocycles. The van der Waals surface area contributed by atoms with Gasteiger partial charge in [-0.3, -0.25) is 0 Å². The average Bonchev–Trinajstić information content (AvgIpc) is 2.47. The predicted molar refractivity (Wildman–Crippen MR) is 83.9 cm³/mol. The summed E-state index contributed by atoms with van der Waals surface area (Å²) in [6.45, 7) is 2.88. The molecule has 1 aromatic heterocycles. The number of aromatic nitrogens is 2. The van der Waals surface area contributed by atoms with Crippen molar-refractivity contribution >= 4 is 11.6 Å². The van der Waals surface area contributed by atoms with Crippen molar-refractivity contribution < 1.29 is 4.74 Å². The van der Waals surface area contributed by atoms with Crippen LogP contribution in [-0.4, -0.2) is 28.7 Å². The summed E-state index contributed by atoms with van der Waals surface area (Å²) in [6.07, 6.45) is 2.24. The summed E-state index contributed by atoms with van der Waals surface area (Å²) in [5, 5.41) is 3.45. The third-order valence-corrected chi connectivity index (χ3v) is 3.62. The Labute approximate surface area is 124 Å². The largest absolute Gasteiger partial charge is 0.384 e. The molecule has 0 amide bonds. The molecule has 21 heavy (non-hydrogen) atoms. The van der Waals surface area contributed by atoms with Crippen LogP contribution >= 0.6 is 0 Å². The first-order valence-electron chi connectivity index (χ1n) is 7.29. The Morgan fingerprint density at radius 1 is 1.24 bits per heavy atom. The predicted octanol–water partition coefficient (Wildman–Crippen LogP) is 2.71. The molecule has 1 saturated heterocycles. The minimum atomic E-state index is 0.282. The summed E-state index contributed by atoms with van der Waals surface area (Å²) in [4.78, 5) is 8.89. The van der Waals surface area contributed by atoms with Crippen molar-refractivity contribution in [2.75, 3.05) is 17.7 Å². The van der Waals surface area contributed by atoms with Crippen molar-refractivity contribution in [1.82, 2.24) is 9.97 Å². The van der Waals surface area contributed by atoms with Gasteiger partial charge in [0.2, 0.25) is 0 Å². The highest BCUT2D eigenvalue weighted by Crippen LogP contribution is 2.22. The summed E-state index contributed by atoms with van der Waals surface area (Å²) in [5.41, 5.74) is 6.88. The first kappa shape index (κ1) is 13.8. The van der Waals surface area contributed by atoms with E-state index in [1.165, 1.54) is 0 Å². The van der Waals surface area contributed by atoms with E-state index in [4.69, 9.17) is 10.5 Å². The standard InChI is InChI=1S/C16H20N4O/c1-11-9-13(7-8-21-11)18-15-10-14(17)19-16(20-15)12-5-3-2-4-6-12/h2-6,10-11,13H,7-9H2,1H3,(H3,17,18,19,20). The fraction of sp³-hybridized carbons (Fsp3) is 0.375. The lowest BCUT2D eigenvalue weighted by Crippen LogP contribution is -2.32. The molecule has 3 N–H and O–H groups in total. The van der Waals surface area contributed by atoms with E-state index in [1.807, 2.05) is 30.3 Å². The molecule has 2 atom stereocenters. The minimum absolute atomic E-state index is 0.282. The highest BCUT2D eigenvalue weighted by molar-refractivity contribution is 5.60. The zero-order valence-electron chi connectivity index (χ0n) is 12.1. The molecule has 1 aliphatic rings. The van der Waals surface area contributed by atoms with Crippen LogP contribution in [-0.2, 0) is 4.74 Å². The van der Waals surface area contributed by atoms with Gasteiger partial charge in [-0.05, 0) is 19.8 Å². The van der Waals surface area contributed by atoms with Gasteiger partial charge in [-0.15, -0.1) is 0 Å². The number of nitrogen functional groups attached to an aromatic ring is 1. The number of hydrogen-bond acceptors (Lipinski definition) is 5. The van der Waals surface area contributed by atoms with Gasteiger partial charge in [0, 0.05) is 24.3 Å². The molecule has 0 saturated carbocycles. The first-order chi connectivity index (χ1) is 10.2. The summed E-state index contributed by atoms with van der Waals surface area (Å²) in [6, 6.07) is 12.0. The minimum Gasteiger partial charge on any atom is -0.384 e. The molecule has 3 rings (SSSR count). The molecule has 5 heteroatoms. The van der Waals surface area contributed by atoms with Crippen molar-refractivity contribution in [3.63, 3.8) is 0 Å². The summed E-state index contributed by atoms with van der Waals surface area (Å²) < 4.78 is 5.57. The van der Waals surface area contributed by atoms with Gasteiger partial charge in [-0.1, -0.05) is 30.3 Å². The second-order valence-corrected chi connectivity index (χ2v) is 5.41. The molecular formula is C16H20N4O. The zero-order chi connectivity index (χ0) is 14.7. The number of ether oxygens (including phenoxy) is 1. The number of hydrogen-bond donors (Lipinski definition) is 2. The van der Waals surface area contributed by atoms with E-state index in [2.05, 4.69) is 22.2 Å². The number of nitrogens with zero attached hydrogens (tertiary/aromatic N) is 2. The molecule has 1 aliphatic heterocycles. The van der Waals surface area contributed by atoms with Gasteiger partial charge in [0.05, 0.1) is 6.10 Å². The van der Waals surface area contributed by atoms with Crippen LogP contribution in [0.4, 0.5) is 11.6 Å². The van der Waals surface area contributed by atoms with Gasteiger partial charge in [-0.25, -0.2) is 9.97 Å². The number of anilines is 2. The Kier molecular flexibility index (Phi) is 4.01. The maximum Gasteiger partial charge on any atom is 0.163 e. The van der Waals surface area contributed by atoms with Gasteiger partial charge in [0.25, 0.3) is 0 Å². The quantitative estimate of drug-likeness (QED) is 0.906. The molecule has 2 aromatic rings. The van der Waals surface area contributed by atoms with Crippen LogP contribution in [0.15, 0.2) is 36.4 Å². The number of nitrogens with one attached hydrogen (secondary N) is 1. The number of nitrogens with two attached hydrogens (primary N) is 1. The molecule has 5 nitrogen and oxygen atoms in total. The maximum absolute atomic E-state index is 5.91. The maximum atomic E-state index is 5.91. The first-order valence-corrected chi connectivity index (χ1v) is 7.29. The second kappa shape index (κ2) is 6.10. The normalized spacial score (nSPS) is 22.0. The lowest BCUT2D eigenvalue weighted by Gasteiger charge is -2.28. The lowest BCUT2D eigenvalue weighted by atomic mass is 10.0. The van der Waals surface area contributed by atoms with E-state index in [9.17, 15) is 0 Å². The Morgan fingerprint density at radius 2 is 2.05 bits per heavy atom.